The van der Waals surface area contributed by atoms with Crippen LogP contribution < -0.4 is 5.32 Å². The predicted octanol–water partition coefficient (Wildman–Crippen LogP) is 2.07. The summed E-state index contributed by atoms with van der Waals surface area (Å²) in [7, 11) is 1.37. The molecule has 1 atom stereocenters. The molecular formula is C24H23N3O4. The smallest absolute Gasteiger partial charge is 0.254 e. The number of nitrogens with one attached hydrogen (secondary N) is 1. The number of hydrogen-bond acceptors (Lipinski definition) is 5. The van der Waals surface area contributed by atoms with Crippen molar-refractivity contribution in [2.75, 3.05) is 13.7 Å². The van der Waals surface area contributed by atoms with Crippen molar-refractivity contribution < 1.29 is 19.5 Å². The number of hydrogen-bond donors (Lipinski definition) is 2. The maximum Gasteiger partial charge on any atom is 0.254 e. The zero-order valence-corrected chi connectivity index (χ0v) is 17.1. The van der Waals surface area contributed by atoms with Crippen LogP contribution in [0.5, 0.6) is 0 Å². The van der Waals surface area contributed by atoms with Gasteiger partial charge in [0.15, 0.2) is 11.8 Å². The van der Waals surface area contributed by atoms with Crippen LogP contribution in [0, 0.1) is 0 Å². The lowest BCUT2D eigenvalue weighted by Gasteiger charge is -2.26. The molecule has 0 saturated carbocycles. The third kappa shape index (κ3) is 5.40. The van der Waals surface area contributed by atoms with Gasteiger partial charge in [0.25, 0.3) is 11.8 Å². The fourth-order valence-electron chi connectivity index (χ4n) is 3.16. The van der Waals surface area contributed by atoms with Crippen LogP contribution in [0.1, 0.15) is 16.1 Å². The SMILES string of the molecule is CN(C(=O)c1ccc(-c2ccccc2)cc1)C(C(=O)CO)C(=O)NCc1ccccn1. The number of carbonyl (C=O) groups is 3. The molecule has 0 aliphatic heterocycles. The highest BCUT2D eigenvalue weighted by Gasteiger charge is 2.33. The Kier molecular flexibility index (Phi) is 7.24. The van der Waals surface area contributed by atoms with Crippen LogP contribution >= 0.6 is 0 Å². The molecule has 1 aromatic heterocycles. The van der Waals surface area contributed by atoms with Gasteiger partial charge in [0.1, 0.15) is 6.61 Å². The number of amides is 2. The number of benzene rings is 2. The fraction of sp³-hybridized carbons (Fsp3) is 0.167. The maximum absolute atomic E-state index is 12.9. The average Bonchev–Trinajstić information content (AvgIpc) is 2.83. The van der Waals surface area contributed by atoms with Crippen LogP contribution in [0.4, 0.5) is 0 Å². The summed E-state index contributed by atoms with van der Waals surface area (Å²) in [5, 5.41) is 11.9. The first-order valence-corrected chi connectivity index (χ1v) is 9.75. The summed E-state index contributed by atoms with van der Waals surface area (Å²) in [6.45, 7) is -0.755. The first kappa shape index (κ1) is 21.9. The quantitative estimate of drug-likeness (QED) is 0.547. The molecule has 0 fully saturated rings. The maximum atomic E-state index is 12.9. The van der Waals surface area contributed by atoms with Crippen LogP contribution in [-0.2, 0) is 16.1 Å². The van der Waals surface area contributed by atoms with E-state index in [4.69, 9.17) is 0 Å². The van der Waals surface area contributed by atoms with Gasteiger partial charge < -0.3 is 15.3 Å². The summed E-state index contributed by atoms with van der Waals surface area (Å²) in [6.07, 6.45) is 1.59. The zero-order valence-electron chi connectivity index (χ0n) is 17.1. The summed E-state index contributed by atoms with van der Waals surface area (Å²) >= 11 is 0. The van der Waals surface area contributed by atoms with Gasteiger partial charge >= 0.3 is 0 Å². The molecule has 0 radical (unpaired) electrons. The Morgan fingerprint density at radius 1 is 0.935 bits per heavy atom. The molecule has 1 heterocycles. The summed E-state index contributed by atoms with van der Waals surface area (Å²) in [4.78, 5) is 43.0. The Morgan fingerprint density at radius 3 is 2.19 bits per heavy atom. The van der Waals surface area contributed by atoms with Crippen LogP contribution in [-0.4, -0.2) is 52.3 Å². The molecular weight excluding hydrogens is 394 g/mol. The normalized spacial score (nSPS) is 11.4. The van der Waals surface area contributed by atoms with Gasteiger partial charge in [0, 0.05) is 18.8 Å². The molecule has 158 valence electrons. The molecule has 2 amide bonds. The molecule has 7 nitrogen and oxygen atoms in total. The first-order chi connectivity index (χ1) is 15.0. The van der Waals surface area contributed by atoms with E-state index in [1.54, 1.807) is 48.7 Å². The van der Waals surface area contributed by atoms with Crippen molar-refractivity contribution in [3.63, 3.8) is 0 Å². The van der Waals surface area contributed by atoms with Gasteiger partial charge in [-0.15, -0.1) is 0 Å². The number of Topliss-reactive ketones (excluding diaryl/α,β-unsaturated/α-hetero) is 1. The second-order valence-electron chi connectivity index (χ2n) is 6.93. The van der Waals surface area contributed by atoms with Crippen LogP contribution in [0.15, 0.2) is 79.0 Å². The third-order valence-corrected chi connectivity index (χ3v) is 4.83. The van der Waals surface area contributed by atoms with Crippen molar-refractivity contribution in [2.24, 2.45) is 0 Å². The van der Waals surface area contributed by atoms with Gasteiger partial charge in [0.2, 0.25) is 0 Å². The molecule has 0 aliphatic rings. The number of aliphatic hydroxyl groups is 1. The number of rotatable bonds is 8. The van der Waals surface area contributed by atoms with Gasteiger partial charge in [-0.05, 0) is 35.4 Å². The number of nitrogens with zero attached hydrogens (tertiary/aromatic N) is 2. The summed E-state index contributed by atoms with van der Waals surface area (Å²) in [5.41, 5.74) is 2.89. The van der Waals surface area contributed by atoms with Crippen molar-refractivity contribution in [3.05, 3.63) is 90.3 Å². The van der Waals surface area contributed by atoms with Gasteiger partial charge in [0.05, 0.1) is 12.2 Å². The standard InChI is InChI=1S/C24H23N3O4/c1-27(22(21(29)16-28)23(30)26-15-20-9-5-6-14-25-20)24(31)19-12-10-18(11-13-19)17-7-3-2-4-8-17/h2-14,22,28H,15-16H2,1H3,(H,26,30). The van der Waals surface area contributed by atoms with Gasteiger partial charge in [-0.1, -0.05) is 48.5 Å². The van der Waals surface area contributed by atoms with Gasteiger partial charge in [-0.3, -0.25) is 19.4 Å². The lowest BCUT2D eigenvalue weighted by atomic mass is 10.0. The van der Waals surface area contributed by atoms with Gasteiger partial charge in [-0.2, -0.15) is 0 Å². The van der Waals surface area contributed by atoms with E-state index in [1.165, 1.54) is 7.05 Å². The summed E-state index contributed by atoms with van der Waals surface area (Å²) in [5.74, 6) is -1.95. The fourth-order valence-corrected chi connectivity index (χ4v) is 3.16. The minimum Gasteiger partial charge on any atom is -0.388 e. The second-order valence-corrected chi connectivity index (χ2v) is 6.93. The van der Waals surface area contributed by atoms with Crippen molar-refractivity contribution in [1.29, 1.82) is 0 Å². The minimum atomic E-state index is -1.45. The number of pyridine rings is 1. The molecule has 2 aromatic carbocycles. The molecule has 7 heteroatoms. The average molecular weight is 417 g/mol. The predicted molar refractivity (Wildman–Crippen MR) is 116 cm³/mol. The molecule has 31 heavy (non-hydrogen) atoms. The molecule has 0 bridgehead atoms. The van der Waals surface area contributed by atoms with E-state index in [9.17, 15) is 19.5 Å². The lowest BCUT2D eigenvalue weighted by molar-refractivity contribution is -0.136. The Morgan fingerprint density at radius 2 is 1.58 bits per heavy atom. The van der Waals surface area contributed by atoms with Crippen molar-refractivity contribution >= 4 is 17.6 Å². The number of aromatic nitrogens is 1. The van der Waals surface area contributed by atoms with Crippen LogP contribution in [0.3, 0.4) is 0 Å². The molecule has 3 rings (SSSR count). The summed E-state index contributed by atoms with van der Waals surface area (Å²) in [6, 6.07) is 20.4. The van der Waals surface area contributed by atoms with E-state index in [-0.39, 0.29) is 6.54 Å². The highest BCUT2D eigenvalue weighted by Crippen LogP contribution is 2.20. The molecule has 0 aliphatic carbocycles. The number of ketones is 1. The number of carbonyl (C=O) groups excluding carboxylic acids is 3. The zero-order chi connectivity index (χ0) is 22.2. The topological polar surface area (TPSA) is 99.6 Å². The molecule has 0 spiro atoms. The summed E-state index contributed by atoms with van der Waals surface area (Å²) < 4.78 is 0. The van der Waals surface area contributed by atoms with E-state index in [1.807, 2.05) is 30.3 Å². The second kappa shape index (κ2) is 10.3. The van der Waals surface area contributed by atoms with E-state index >= 15 is 0 Å². The molecule has 2 N–H and O–H groups in total. The number of likely N-dealkylation sites (N-methyl/N-ethyl adjacent to an activating group) is 1. The molecule has 1 unspecified atom stereocenters. The minimum absolute atomic E-state index is 0.0999. The monoisotopic (exact) mass is 417 g/mol. The van der Waals surface area contributed by atoms with Gasteiger partial charge in [-0.25, -0.2) is 0 Å². The van der Waals surface area contributed by atoms with Crippen molar-refractivity contribution in [3.8, 4) is 11.1 Å². The van der Waals surface area contributed by atoms with Crippen LogP contribution in [0.2, 0.25) is 0 Å². The van der Waals surface area contributed by atoms with E-state index in [2.05, 4.69) is 10.3 Å². The Hall–Kier alpha value is -3.84. The highest BCUT2D eigenvalue weighted by molar-refractivity contribution is 6.10. The Bertz CT molecular complexity index is 1040. The van der Waals surface area contributed by atoms with Crippen molar-refractivity contribution in [1.82, 2.24) is 15.2 Å². The first-order valence-electron chi connectivity index (χ1n) is 9.75. The molecule has 3 aromatic rings. The van der Waals surface area contributed by atoms with E-state index in [0.717, 1.165) is 16.0 Å². The molecule has 0 saturated heterocycles. The Balaban J connectivity index is 1.74. The number of aliphatic hydroxyl groups excluding tert-OH is 1. The van der Waals surface area contributed by atoms with Crippen LogP contribution in [0.25, 0.3) is 11.1 Å². The van der Waals surface area contributed by atoms with Crippen molar-refractivity contribution in [2.45, 2.75) is 12.6 Å². The lowest BCUT2D eigenvalue weighted by Crippen LogP contribution is -2.53. The largest absolute Gasteiger partial charge is 0.388 e. The third-order valence-electron chi connectivity index (χ3n) is 4.83. The Labute approximate surface area is 180 Å². The highest BCUT2D eigenvalue weighted by atomic mass is 16.3. The van der Waals surface area contributed by atoms with E-state index in [0.29, 0.717) is 11.3 Å². The van der Waals surface area contributed by atoms with E-state index < -0.39 is 30.2 Å².